The second-order valence-corrected chi connectivity index (χ2v) is 11.5. The Morgan fingerprint density at radius 3 is 2.41 bits per heavy atom. The topological polar surface area (TPSA) is 71.8 Å². The highest BCUT2D eigenvalue weighted by Crippen LogP contribution is 2.48. The summed E-state index contributed by atoms with van der Waals surface area (Å²) in [5.41, 5.74) is 1.54. The molecule has 3 aliphatic rings. The average Bonchev–Trinajstić information content (AvgIpc) is 3.22. The van der Waals surface area contributed by atoms with Crippen LogP contribution in [-0.4, -0.2) is 50.9 Å². The van der Waals surface area contributed by atoms with Crippen LogP contribution >= 0.6 is 0 Å². The van der Waals surface area contributed by atoms with Crippen molar-refractivity contribution in [1.82, 2.24) is 24.6 Å². The maximum Gasteiger partial charge on any atom is 0.420 e. The van der Waals surface area contributed by atoms with Gasteiger partial charge in [-0.1, -0.05) is 0 Å². The molecule has 212 valence electrons. The Morgan fingerprint density at radius 1 is 1.07 bits per heavy atom. The van der Waals surface area contributed by atoms with Gasteiger partial charge in [0.2, 0.25) is 5.88 Å². The molecule has 2 aliphatic heterocycles. The first-order valence-electron chi connectivity index (χ1n) is 13.5. The lowest BCUT2D eigenvalue weighted by Crippen LogP contribution is -2.51. The van der Waals surface area contributed by atoms with Crippen LogP contribution in [0.3, 0.4) is 0 Å². The van der Waals surface area contributed by atoms with E-state index in [1.165, 1.54) is 28.9 Å². The summed E-state index contributed by atoms with van der Waals surface area (Å²) in [6.07, 6.45) is -0.928. The molecule has 2 unspecified atom stereocenters. The molecule has 0 radical (unpaired) electrons. The Balaban J connectivity index is 1.09. The number of halogens is 4. The number of carbonyl (C=O) groups excluding carboxylic acids is 1. The first kappa shape index (κ1) is 25.9. The quantitative estimate of drug-likeness (QED) is 0.336. The van der Waals surface area contributed by atoms with Gasteiger partial charge in [-0.15, -0.1) is 0 Å². The molecule has 0 bridgehead atoms. The van der Waals surface area contributed by atoms with Crippen molar-refractivity contribution in [2.24, 2.45) is 11.8 Å². The third-order valence-corrected chi connectivity index (χ3v) is 8.60. The van der Waals surface area contributed by atoms with Gasteiger partial charge in [-0.3, -0.25) is 4.79 Å². The number of rotatable bonds is 5. The van der Waals surface area contributed by atoms with Crippen LogP contribution < -0.4 is 10.1 Å². The summed E-state index contributed by atoms with van der Waals surface area (Å²) in [7, 11) is 0. The zero-order valence-corrected chi connectivity index (χ0v) is 22.4. The van der Waals surface area contributed by atoms with E-state index < -0.39 is 17.6 Å². The number of nitrogens with zero attached hydrogens (tertiary/aromatic N) is 4. The lowest BCUT2D eigenvalue weighted by atomic mass is 9.82. The molecule has 1 aliphatic carbocycles. The van der Waals surface area contributed by atoms with E-state index in [0.717, 1.165) is 30.2 Å². The highest BCUT2D eigenvalue weighted by Gasteiger charge is 2.59. The summed E-state index contributed by atoms with van der Waals surface area (Å²) in [6.45, 7) is 5.42. The predicted molar refractivity (Wildman–Crippen MR) is 142 cm³/mol. The molecule has 4 atom stereocenters. The molecule has 1 N–H and O–H groups in total. The van der Waals surface area contributed by atoms with Crippen molar-refractivity contribution in [2.75, 3.05) is 19.6 Å². The number of alkyl halides is 3. The van der Waals surface area contributed by atoms with Gasteiger partial charge in [0, 0.05) is 54.5 Å². The molecule has 4 aromatic rings. The fourth-order valence-electron chi connectivity index (χ4n) is 6.08. The predicted octanol–water partition coefficient (Wildman–Crippen LogP) is 5.22. The third kappa shape index (κ3) is 4.52. The van der Waals surface area contributed by atoms with Crippen LogP contribution in [0.25, 0.3) is 16.9 Å². The number of hydrogen-bond donors (Lipinski definition) is 1. The Bertz CT molecular complexity index is 1670. The molecule has 7 nitrogen and oxygen atoms in total. The minimum atomic E-state index is -4.64. The molecule has 1 aromatic carbocycles. The number of hydrogen-bond acceptors (Lipinski definition) is 5. The van der Waals surface area contributed by atoms with Crippen LogP contribution in [0.1, 0.15) is 40.5 Å². The molecule has 2 saturated heterocycles. The first-order chi connectivity index (χ1) is 19.5. The van der Waals surface area contributed by atoms with Crippen molar-refractivity contribution in [1.29, 1.82) is 0 Å². The number of nitrogens with one attached hydrogen (secondary N) is 1. The lowest BCUT2D eigenvalue weighted by molar-refractivity contribution is -0.136. The van der Waals surface area contributed by atoms with Crippen LogP contribution in [-0.2, 0) is 11.7 Å². The van der Waals surface area contributed by atoms with E-state index in [0.29, 0.717) is 30.4 Å². The van der Waals surface area contributed by atoms with Crippen LogP contribution in [0.4, 0.5) is 17.6 Å². The van der Waals surface area contributed by atoms with Crippen molar-refractivity contribution in [3.05, 3.63) is 83.1 Å². The number of piperidine rings is 1. The van der Waals surface area contributed by atoms with Gasteiger partial charge < -0.3 is 19.4 Å². The van der Waals surface area contributed by atoms with Gasteiger partial charge in [-0.2, -0.15) is 13.2 Å². The molecule has 7 rings (SSSR count). The maximum absolute atomic E-state index is 13.7. The number of carbonyl (C=O) groups is 1. The number of imidazole rings is 1. The second-order valence-electron chi connectivity index (χ2n) is 11.5. The van der Waals surface area contributed by atoms with Crippen molar-refractivity contribution in [3.8, 4) is 17.1 Å². The van der Waals surface area contributed by atoms with Crippen molar-refractivity contribution in [3.63, 3.8) is 0 Å². The van der Waals surface area contributed by atoms with Gasteiger partial charge in [0.25, 0.3) is 5.91 Å². The van der Waals surface area contributed by atoms with Gasteiger partial charge in [-0.05, 0) is 68.8 Å². The van der Waals surface area contributed by atoms with Crippen LogP contribution in [0.15, 0.2) is 54.9 Å². The molecule has 1 amide bonds. The number of fused-ring (bicyclic) bond motifs is 2. The van der Waals surface area contributed by atoms with E-state index in [-0.39, 0.29) is 40.5 Å². The smallest absolute Gasteiger partial charge is 0.420 e. The van der Waals surface area contributed by atoms with Gasteiger partial charge in [0.1, 0.15) is 17.6 Å². The minimum Gasteiger partial charge on any atom is -0.474 e. The zero-order chi connectivity index (χ0) is 28.7. The van der Waals surface area contributed by atoms with E-state index in [1.54, 1.807) is 24.0 Å². The van der Waals surface area contributed by atoms with Crippen molar-refractivity contribution >= 4 is 11.6 Å². The summed E-state index contributed by atoms with van der Waals surface area (Å²) in [4.78, 5) is 23.5. The monoisotopic (exact) mass is 565 g/mol. The van der Waals surface area contributed by atoms with Gasteiger partial charge >= 0.3 is 6.18 Å². The van der Waals surface area contributed by atoms with Gasteiger partial charge in [0.15, 0.2) is 0 Å². The van der Waals surface area contributed by atoms with E-state index in [9.17, 15) is 22.4 Å². The highest BCUT2D eigenvalue weighted by molar-refractivity contribution is 5.95. The highest BCUT2D eigenvalue weighted by atomic mass is 19.4. The summed E-state index contributed by atoms with van der Waals surface area (Å²) in [6, 6.07) is 11.0. The minimum absolute atomic E-state index is 0.0273. The molecule has 5 heterocycles. The largest absolute Gasteiger partial charge is 0.474 e. The number of aromatic nitrogens is 3. The third-order valence-electron chi connectivity index (χ3n) is 8.60. The standard InChI is InChI=1S/C30H27F4N5O2/c1-16-12-38-13-18(9-23(27(38)36-16)30(32,33)34)28(40)39-14-21-22(15-39)26(21)41-25-11-19(29(2)7-8-35-29)10-24(37-25)17-3-5-20(31)6-4-17/h3-6,9-13,21-22,26,35H,7-8,14-15H2,1-2H3/t21-,22+,26?,29?. The fraction of sp³-hybridized carbons (Fsp3) is 0.367. The van der Waals surface area contributed by atoms with Crippen molar-refractivity contribution < 1.29 is 27.1 Å². The number of amides is 1. The lowest BCUT2D eigenvalue weighted by Gasteiger charge is -2.40. The summed E-state index contributed by atoms with van der Waals surface area (Å²) in [5.74, 6) is -0.175. The molecule has 11 heteroatoms. The number of ether oxygens (including phenoxy) is 1. The van der Waals surface area contributed by atoms with Crippen LogP contribution in [0, 0.1) is 24.6 Å². The second kappa shape index (κ2) is 9.01. The molecule has 3 fully saturated rings. The molecule has 3 aromatic heterocycles. The van der Waals surface area contributed by atoms with Crippen LogP contribution in [0.5, 0.6) is 5.88 Å². The SMILES string of the molecule is Cc1cn2cc(C(=O)N3C[C@@H]4C(Oc5cc(C6(C)CCN6)cc(-c6ccc(F)cc6)n5)[C@@H]4C3)cc(C(F)(F)F)c2n1. The Kier molecular flexibility index (Phi) is 5.70. The number of benzene rings is 1. The summed E-state index contributed by atoms with van der Waals surface area (Å²) >= 11 is 0. The summed E-state index contributed by atoms with van der Waals surface area (Å²) in [5, 5.41) is 3.46. The van der Waals surface area contributed by atoms with Gasteiger partial charge in [-0.25, -0.2) is 14.4 Å². The summed E-state index contributed by atoms with van der Waals surface area (Å²) < 4.78 is 62.3. The van der Waals surface area contributed by atoms with E-state index in [2.05, 4.69) is 17.2 Å². The van der Waals surface area contributed by atoms with E-state index in [4.69, 9.17) is 9.72 Å². The van der Waals surface area contributed by atoms with Crippen molar-refractivity contribution in [2.45, 2.75) is 38.1 Å². The molecule has 1 saturated carbocycles. The van der Waals surface area contributed by atoms with Crippen LogP contribution in [0.2, 0.25) is 0 Å². The fourth-order valence-corrected chi connectivity index (χ4v) is 6.08. The average molecular weight is 566 g/mol. The normalized spacial score (nSPS) is 25.2. The number of likely N-dealkylation sites (tertiary alicyclic amines) is 1. The van der Waals surface area contributed by atoms with E-state index in [1.807, 2.05) is 12.1 Å². The molecular weight excluding hydrogens is 538 g/mol. The Hall–Kier alpha value is -3.99. The van der Waals surface area contributed by atoms with E-state index >= 15 is 0 Å². The number of aryl methyl sites for hydroxylation is 1. The Morgan fingerprint density at radius 2 is 1.78 bits per heavy atom. The van der Waals surface area contributed by atoms with Gasteiger partial charge in [0.05, 0.1) is 22.5 Å². The molecular formula is C30H27F4N5O2. The molecule has 41 heavy (non-hydrogen) atoms. The first-order valence-corrected chi connectivity index (χ1v) is 13.5. The zero-order valence-electron chi connectivity index (χ0n) is 22.4. The molecule has 0 spiro atoms. The Labute approximate surface area is 233 Å². The maximum atomic E-state index is 13.7. The number of pyridine rings is 2.